The standard InChI is InChI=1S/C15H33N3O2S2.HI/c1-6-16-14(17-10-7-8-11-21-4)18-13-15(2,3)9-12-22(5,19)20;/h6-13H2,1-5H3,(H2,16,17,18);1H. The molecule has 2 N–H and O–H groups in total. The van der Waals surface area contributed by atoms with Crippen LogP contribution in [0.1, 0.15) is 40.0 Å². The van der Waals surface area contributed by atoms with Gasteiger partial charge in [0.1, 0.15) is 9.84 Å². The predicted molar refractivity (Wildman–Crippen MR) is 115 cm³/mol. The van der Waals surface area contributed by atoms with Gasteiger partial charge in [-0.1, -0.05) is 13.8 Å². The largest absolute Gasteiger partial charge is 0.357 e. The molecule has 0 aromatic rings. The molecule has 0 saturated carbocycles. The zero-order valence-electron chi connectivity index (χ0n) is 15.1. The molecule has 140 valence electrons. The molecule has 0 aromatic heterocycles. The molecule has 0 saturated heterocycles. The Morgan fingerprint density at radius 2 is 1.87 bits per heavy atom. The van der Waals surface area contributed by atoms with Crippen LogP contribution in [0.3, 0.4) is 0 Å². The summed E-state index contributed by atoms with van der Waals surface area (Å²) in [5.74, 6) is 2.22. The van der Waals surface area contributed by atoms with E-state index in [1.165, 1.54) is 18.4 Å². The van der Waals surface area contributed by atoms with Gasteiger partial charge in [-0.25, -0.2) is 8.42 Å². The van der Waals surface area contributed by atoms with E-state index < -0.39 is 9.84 Å². The number of nitrogens with one attached hydrogen (secondary N) is 2. The summed E-state index contributed by atoms with van der Waals surface area (Å²) < 4.78 is 22.6. The van der Waals surface area contributed by atoms with Crippen LogP contribution in [0, 0.1) is 5.41 Å². The summed E-state index contributed by atoms with van der Waals surface area (Å²) in [5.41, 5.74) is -0.121. The maximum atomic E-state index is 11.3. The van der Waals surface area contributed by atoms with Crippen molar-refractivity contribution in [3.63, 3.8) is 0 Å². The topological polar surface area (TPSA) is 70.6 Å². The van der Waals surface area contributed by atoms with Crippen LogP contribution in [0.25, 0.3) is 0 Å². The molecule has 0 rings (SSSR count). The summed E-state index contributed by atoms with van der Waals surface area (Å²) in [4.78, 5) is 4.60. The fourth-order valence-electron chi connectivity index (χ4n) is 1.75. The van der Waals surface area contributed by atoms with Crippen molar-refractivity contribution in [2.45, 2.75) is 40.0 Å². The Kier molecular flexibility index (Phi) is 15.1. The van der Waals surface area contributed by atoms with E-state index in [0.717, 1.165) is 25.5 Å². The Bertz CT molecular complexity index is 426. The average molecular weight is 479 g/mol. The first kappa shape index (κ1) is 25.5. The number of guanidine groups is 1. The minimum Gasteiger partial charge on any atom is -0.357 e. The third-order valence-electron chi connectivity index (χ3n) is 3.23. The van der Waals surface area contributed by atoms with Crippen molar-refractivity contribution < 1.29 is 8.42 Å². The Morgan fingerprint density at radius 3 is 2.39 bits per heavy atom. The molecule has 5 nitrogen and oxygen atoms in total. The quantitative estimate of drug-likeness (QED) is 0.207. The highest BCUT2D eigenvalue weighted by molar-refractivity contribution is 14.0. The Morgan fingerprint density at radius 1 is 1.22 bits per heavy atom. The fraction of sp³-hybridized carbons (Fsp3) is 0.933. The number of rotatable bonds is 11. The first-order chi connectivity index (χ1) is 10.2. The minimum absolute atomic E-state index is 0. The SMILES string of the molecule is CCNC(=NCC(C)(C)CCS(C)(=O)=O)NCCCCSC.I. The van der Waals surface area contributed by atoms with Crippen molar-refractivity contribution in [3.05, 3.63) is 0 Å². The van der Waals surface area contributed by atoms with Gasteiger partial charge in [-0.2, -0.15) is 11.8 Å². The summed E-state index contributed by atoms with van der Waals surface area (Å²) in [7, 11) is -2.91. The first-order valence-corrected chi connectivity index (χ1v) is 11.3. The van der Waals surface area contributed by atoms with E-state index in [1.807, 2.05) is 18.7 Å². The third kappa shape index (κ3) is 16.9. The lowest BCUT2D eigenvalue weighted by Crippen LogP contribution is -2.38. The number of sulfone groups is 1. The minimum atomic E-state index is -2.91. The fourth-order valence-corrected chi connectivity index (χ4v) is 3.17. The number of thioether (sulfide) groups is 1. The molecule has 0 aliphatic rings. The van der Waals surface area contributed by atoms with E-state index in [2.05, 4.69) is 35.7 Å². The summed E-state index contributed by atoms with van der Waals surface area (Å²) >= 11 is 1.87. The second-order valence-corrected chi connectivity index (χ2v) is 9.61. The molecule has 0 bridgehead atoms. The lowest BCUT2D eigenvalue weighted by Gasteiger charge is -2.22. The number of nitrogens with zero attached hydrogens (tertiary/aromatic N) is 1. The molecule has 0 unspecified atom stereocenters. The molecule has 0 aliphatic heterocycles. The van der Waals surface area contributed by atoms with Crippen molar-refractivity contribution in [1.82, 2.24) is 10.6 Å². The Balaban J connectivity index is 0. The van der Waals surface area contributed by atoms with Gasteiger partial charge in [-0.3, -0.25) is 4.99 Å². The van der Waals surface area contributed by atoms with Crippen molar-refractivity contribution >= 4 is 51.5 Å². The molecular formula is C15H34IN3O2S2. The average Bonchev–Trinajstić information content (AvgIpc) is 2.42. The molecule has 23 heavy (non-hydrogen) atoms. The van der Waals surface area contributed by atoms with Crippen LogP contribution >= 0.6 is 35.7 Å². The van der Waals surface area contributed by atoms with Crippen molar-refractivity contribution in [2.75, 3.05) is 43.7 Å². The van der Waals surface area contributed by atoms with Crippen molar-refractivity contribution in [2.24, 2.45) is 10.4 Å². The zero-order chi connectivity index (χ0) is 17.1. The molecule has 0 aliphatic carbocycles. The van der Waals surface area contributed by atoms with Crippen LogP contribution in [0.4, 0.5) is 0 Å². The molecule has 0 fully saturated rings. The zero-order valence-corrected chi connectivity index (χ0v) is 19.1. The van der Waals surface area contributed by atoms with Crippen molar-refractivity contribution in [3.8, 4) is 0 Å². The Hall–Kier alpha value is 0.300. The van der Waals surface area contributed by atoms with Crippen LogP contribution in [-0.2, 0) is 9.84 Å². The highest BCUT2D eigenvalue weighted by Crippen LogP contribution is 2.21. The lowest BCUT2D eigenvalue weighted by atomic mass is 9.90. The van der Waals surface area contributed by atoms with Gasteiger partial charge in [-0.15, -0.1) is 24.0 Å². The molecule has 0 aromatic carbocycles. The third-order valence-corrected chi connectivity index (χ3v) is 4.87. The van der Waals surface area contributed by atoms with E-state index >= 15 is 0 Å². The highest BCUT2D eigenvalue weighted by Gasteiger charge is 2.20. The van der Waals surface area contributed by atoms with Gasteiger partial charge in [0.05, 0.1) is 5.75 Å². The first-order valence-electron chi connectivity index (χ1n) is 7.89. The van der Waals surface area contributed by atoms with Gasteiger partial charge in [0.25, 0.3) is 0 Å². The molecule has 0 spiro atoms. The van der Waals surface area contributed by atoms with Gasteiger partial charge < -0.3 is 10.6 Å². The summed E-state index contributed by atoms with van der Waals surface area (Å²) in [6.45, 7) is 8.51. The highest BCUT2D eigenvalue weighted by atomic mass is 127. The molecule has 8 heteroatoms. The maximum absolute atomic E-state index is 11.3. The number of hydrogen-bond donors (Lipinski definition) is 2. The predicted octanol–water partition coefficient (Wildman–Crippen LogP) is 2.76. The second kappa shape index (κ2) is 13.6. The number of hydrogen-bond acceptors (Lipinski definition) is 4. The van der Waals surface area contributed by atoms with Gasteiger partial charge in [0.2, 0.25) is 0 Å². The maximum Gasteiger partial charge on any atom is 0.191 e. The lowest BCUT2D eigenvalue weighted by molar-refractivity contribution is 0.365. The molecular weight excluding hydrogens is 445 g/mol. The van der Waals surface area contributed by atoms with Gasteiger partial charge >= 0.3 is 0 Å². The summed E-state index contributed by atoms with van der Waals surface area (Å²) in [6.07, 6.45) is 6.36. The molecule has 0 heterocycles. The van der Waals surface area contributed by atoms with E-state index in [0.29, 0.717) is 13.0 Å². The summed E-state index contributed by atoms with van der Waals surface area (Å²) in [5, 5.41) is 6.57. The molecule has 0 amide bonds. The van der Waals surface area contributed by atoms with E-state index in [-0.39, 0.29) is 35.1 Å². The van der Waals surface area contributed by atoms with Crippen LogP contribution in [0.15, 0.2) is 4.99 Å². The van der Waals surface area contributed by atoms with E-state index in [4.69, 9.17) is 0 Å². The van der Waals surface area contributed by atoms with Crippen molar-refractivity contribution in [1.29, 1.82) is 0 Å². The smallest absolute Gasteiger partial charge is 0.191 e. The number of aliphatic imine (C=N–C) groups is 1. The molecule has 0 atom stereocenters. The van der Waals surface area contributed by atoms with Crippen LogP contribution in [-0.4, -0.2) is 58.0 Å². The van der Waals surface area contributed by atoms with E-state index in [1.54, 1.807) is 0 Å². The normalized spacial score (nSPS) is 12.7. The second-order valence-electron chi connectivity index (χ2n) is 6.37. The van der Waals surface area contributed by atoms with Crippen LogP contribution in [0.5, 0.6) is 0 Å². The van der Waals surface area contributed by atoms with Crippen LogP contribution in [0.2, 0.25) is 0 Å². The van der Waals surface area contributed by atoms with Gasteiger partial charge in [-0.05, 0) is 43.6 Å². The molecule has 0 radical (unpaired) electrons. The number of unbranched alkanes of at least 4 members (excludes halogenated alkanes) is 1. The Labute approximate surface area is 164 Å². The van der Waals surface area contributed by atoms with E-state index in [9.17, 15) is 8.42 Å². The monoisotopic (exact) mass is 479 g/mol. The van der Waals surface area contributed by atoms with Crippen LogP contribution < -0.4 is 10.6 Å². The van der Waals surface area contributed by atoms with Gasteiger partial charge in [0, 0.05) is 25.9 Å². The van der Waals surface area contributed by atoms with Gasteiger partial charge in [0.15, 0.2) is 5.96 Å². The number of halogens is 1. The summed E-state index contributed by atoms with van der Waals surface area (Å²) in [6, 6.07) is 0.